The summed E-state index contributed by atoms with van der Waals surface area (Å²) in [6.07, 6.45) is 1.67. The lowest BCUT2D eigenvalue weighted by Gasteiger charge is -2.07. The molecule has 0 spiro atoms. The Morgan fingerprint density at radius 3 is 2.95 bits per heavy atom. The van der Waals surface area contributed by atoms with E-state index in [1.54, 1.807) is 18.3 Å². The van der Waals surface area contributed by atoms with Crippen LogP contribution in [0.3, 0.4) is 0 Å². The Labute approximate surface area is 121 Å². The second-order valence-corrected chi connectivity index (χ2v) is 5.44. The molecule has 1 heterocycles. The molecule has 2 aromatic rings. The predicted molar refractivity (Wildman–Crippen MR) is 77.2 cm³/mol. The van der Waals surface area contributed by atoms with Crippen molar-refractivity contribution in [3.8, 4) is 0 Å². The van der Waals surface area contributed by atoms with Crippen LogP contribution in [0.1, 0.15) is 12.5 Å². The summed E-state index contributed by atoms with van der Waals surface area (Å²) >= 11 is 7.41. The molecule has 2 nitrogen and oxygen atoms in total. The fourth-order valence-corrected chi connectivity index (χ4v) is 2.73. The van der Waals surface area contributed by atoms with Crippen molar-refractivity contribution in [2.24, 2.45) is 0 Å². The third-order valence-electron chi connectivity index (χ3n) is 2.45. The number of pyridine rings is 1. The Bertz CT molecular complexity index is 563. The maximum absolute atomic E-state index is 13.6. The van der Waals surface area contributed by atoms with Gasteiger partial charge in [-0.05, 0) is 42.4 Å². The van der Waals surface area contributed by atoms with Crippen LogP contribution in [-0.4, -0.2) is 11.5 Å². The van der Waals surface area contributed by atoms with Crippen LogP contribution >= 0.6 is 23.4 Å². The third kappa shape index (κ3) is 4.20. The summed E-state index contributed by atoms with van der Waals surface area (Å²) in [5.74, 6) is -0.245. The molecular weight excluding hydrogens is 283 g/mol. The quantitative estimate of drug-likeness (QED) is 0.898. The van der Waals surface area contributed by atoms with Crippen molar-refractivity contribution >= 4 is 23.4 Å². The summed E-state index contributed by atoms with van der Waals surface area (Å²) in [6.45, 7) is 3.52. The van der Waals surface area contributed by atoms with Crippen LogP contribution in [0.25, 0.3) is 0 Å². The normalized spacial score (nSPS) is 10.7. The maximum atomic E-state index is 13.6. The van der Waals surface area contributed by atoms with Crippen molar-refractivity contribution in [3.05, 3.63) is 52.9 Å². The molecule has 0 aliphatic rings. The van der Waals surface area contributed by atoms with Crippen LogP contribution in [0.2, 0.25) is 5.02 Å². The van der Waals surface area contributed by atoms with Gasteiger partial charge in [-0.3, -0.25) is 0 Å². The van der Waals surface area contributed by atoms with Crippen molar-refractivity contribution in [2.75, 3.05) is 6.54 Å². The van der Waals surface area contributed by atoms with E-state index in [1.807, 2.05) is 13.0 Å². The van der Waals surface area contributed by atoms with Gasteiger partial charge in [-0.15, -0.1) is 0 Å². The average Bonchev–Trinajstić information content (AvgIpc) is 2.38. The molecule has 0 atom stereocenters. The molecule has 1 N–H and O–H groups in total. The fraction of sp³-hybridized carbons (Fsp3) is 0.214. The molecule has 1 aromatic heterocycles. The van der Waals surface area contributed by atoms with Gasteiger partial charge < -0.3 is 5.32 Å². The maximum Gasteiger partial charge on any atom is 0.124 e. The fourth-order valence-electron chi connectivity index (χ4n) is 1.61. The Kier molecular flexibility index (Phi) is 5.19. The van der Waals surface area contributed by atoms with Crippen molar-refractivity contribution in [2.45, 2.75) is 23.4 Å². The number of hydrogen-bond donors (Lipinski definition) is 1. The van der Waals surface area contributed by atoms with Crippen LogP contribution in [-0.2, 0) is 6.54 Å². The molecular formula is C14H14ClFN2S. The van der Waals surface area contributed by atoms with Gasteiger partial charge in [-0.1, -0.05) is 30.3 Å². The number of rotatable bonds is 5. The van der Waals surface area contributed by atoms with E-state index in [0.29, 0.717) is 16.6 Å². The van der Waals surface area contributed by atoms with E-state index in [1.165, 1.54) is 23.9 Å². The SMILES string of the molecule is CCNCc1cc(F)cc(Sc2ncccc2Cl)c1. The molecule has 0 saturated carbocycles. The first-order chi connectivity index (χ1) is 9.19. The standard InChI is InChI=1S/C14H14ClFN2S/c1-2-17-9-10-6-11(16)8-12(7-10)19-14-13(15)4-3-5-18-14/h3-8,17H,2,9H2,1H3. The monoisotopic (exact) mass is 296 g/mol. The third-order valence-corrected chi connectivity index (χ3v) is 3.86. The van der Waals surface area contributed by atoms with Crippen LogP contribution < -0.4 is 5.32 Å². The minimum Gasteiger partial charge on any atom is -0.313 e. The first-order valence-corrected chi connectivity index (χ1v) is 7.17. The lowest BCUT2D eigenvalue weighted by molar-refractivity contribution is 0.617. The zero-order valence-electron chi connectivity index (χ0n) is 10.5. The van der Waals surface area contributed by atoms with E-state index in [4.69, 9.17) is 11.6 Å². The summed E-state index contributed by atoms with van der Waals surface area (Å²) in [5.41, 5.74) is 0.913. The van der Waals surface area contributed by atoms with E-state index >= 15 is 0 Å². The molecule has 5 heteroatoms. The molecule has 0 aliphatic carbocycles. The molecule has 0 amide bonds. The minimum atomic E-state index is -0.245. The van der Waals surface area contributed by atoms with Gasteiger partial charge in [0.1, 0.15) is 10.8 Å². The molecule has 100 valence electrons. The zero-order chi connectivity index (χ0) is 13.7. The van der Waals surface area contributed by atoms with Crippen LogP contribution in [0.5, 0.6) is 0 Å². The Morgan fingerprint density at radius 2 is 2.21 bits per heavy atom. The molecule has 0 saturated heterocycles. The summed E-state index contributed by atoms with van der Waals surface area (Å²) < 4.78 is 13.6. The number of hydrogen-bond acceptors (Lipinski definition) is 3. The summed E-state index contributed by atoms with van der Waals surface area (Å²) in [7, 11) is 0. The number of nitrogens with zero attached hydrogens (tertiary/aromatic N) is 1. The van der Waals surface area contributed by atoms with Crippen molar-refractivity contribution in [1.29, 1.82) is 0 Å². The number of benzene rings is 1. The van der Waals surface area contributed by atoms with E-state index in [-0.39, 0.29) is 5.82 Å². The number of aromatic nitrogens is 1. The smallest absolute Gasteiger partial charge is 0.124 e. The van der Waals surface area contributed by atoms with Crippen molar-refractivity contribution < 1.29 is 4.39 Å². The van der Waals surface area contributed by atoms with Gasteiger partial charge >= 0.3 is 0 Å². The van der Waals surface area contributed by atoms with E-state index in [9.17, 15) is 4.39 Å². The molecule has 2 rings (SSSR count). The molecule has 0 aliphatic heterocycles. The highest BCUT2D eigenvalue weighted by atomic mass is 35.5. The molecule has 0 fully saturated rings. The first kappa shape index (κ1) is 14.3. The van der Waals surface area contributed by atoms with Gasteiger partial charge in [0.05, 0.1) is 5.02 Å². The summed E-state index contributed by atoms with van der Waals surface area (Å²) in [4.78, 5) is 4.99. The Balaban J connectivity index is 2.20. The van der Waals surface area contributed by atoms with Gasteiger partial charge in [-0.2, -0.15) is 0 Å². The van der Waals surface area contributed by atoms with E-state index < -0.39 is 0 Å². The first-order valence-electron chi connectivity index (χ1n) is 5.97. The van der Waals surface area contributed by atoms with E-state index in [2.05, 4.69) is 10.3 Å². The molecule has 1 aromatic carbocycles. The average molecular weight is 297 g/mol. The molecule has 0 radical (unpaired) electrons. The van der Waals surface area contributed by atoms with Gasteiger partial charge in [0.25, 0.3) is 0 Å². The van der Waals surface area contributed by atoms with Crippen LogP contribution in [0.15, 0.2) is 46.5 Å². The Hall–Kier alpha value is -1.10. The van der Waals surface area contributed by atoms with E-state index in [0.717, 1.165) is 17.0 Å². The second kappa shape index (κ2) is 6.89. The Morgan fingerprint density at radius 1 is 1.37 bits per heavy atom. The predicted octanol–water partition coefficient (Wildman–Crippen LogP) is 4.13. The van der Waals surface area contributed by atoms with Crippen LogP contribution in [0.4, 0.5) is 4.39 Å². The highest BCUT2D eigenvalue weighted by molar-refractivity contribution is 7.99. The zero-order valence-corrected chi connectivity index (χ0v) is 12.1. The topological polar surface area (TPSA) is 24.9 Å². The van der Waals surface area contributed by atoms with Crippen LogP contribution in [0, 0.1) is 5.82 Å². The highest BCUT2D eigenvalue weighted by Crippen LogP contribution is 2.32. The van der Waals surface area contributed by atoms with Gasteiger partial charge in [-0.25, -0.2) is 9.37 Å². The van der Waals surface area contributed by atoms with Gasteiger partial charge in [0, 0.05) is 17.6 Å². The molecule has 0 bridgehead atoms. The second-order valence-electron chi connectivity index (χ2n) is 3.97. The summed E-state index contributed by atoms with van der Waals surface area (Å²) in [6, 6.07) is 8.52. The lowest BCUT2D eigenvalue weighted by Crippen LogP contribution is -2.11. The summed E-state index contributed by atoms with van der Waals surface area (Å²) in [5, 5.41) is 4.44. The number of halogens is 2. The minimum absolute atomic E-state index is 0.245. The largest absolute Gasteiger partial charge is 0.313 e. The van der Waals surface area contributed by atoms with Gasteiger partial charge in [0.15, 0.2) is 0 Å². The van der Waals surface area contributed by atoms with Crippen molar-refractivity contribution in [3.63, 3.8) is 0 Å². The van der Waals surface area contributed by atoms with Crippen molar-refractivity contribution in [1.82, 2.24) is 10.3 Å². The lowest BCUT2D eigenvalue weighted by atomic mass is 10.2. The highest BCUT2D eigenvalue weighted by Gasteiger charge is 2.06. The molecule has 0 unspecified atom stereocenters. The van der Waals surface area contributed by atoms with Gasteiger partial charge in [0.2, 0.25) is 0 Å². The number of nitrogens with one attached hydrogen (secondary N) is 1. The molecule has 19 heavy (non-hydrogen) atoms.